The molecule has 0 aromatic heterocycles. The second-order valence-electron chi connectivity index (χ2n) is 5.98. The quantitative estimate of drug-likeness (QED) is 0.937. The summed E-state index contributed by atoms with van der Waals surface area (Å²) in [6.45, 7) is 2.81. The summed E-state index contributed by atoms with van der Waals surface area (Å²) in [5, 5.41) is 10.2. The van der Waals surface area contributed by atoms with Crippen molar-refractivity contribution >= 4 is 0 Å². The fraction of sp³-hybridized carbons (Fsp3) is 0.333. The van der Waals surface area contributed by atoms with Crippen LogP contribution in [0, 0.1) is 5.82 Å². The summed E-state index contributed by atoms with van der Waals surface area (Å²) in [4.78, 5) is 2.20. The molecule has 0 radical (unpaired) electrons. The number of halogens is 1. The van der Waals surface area contributed by atoms with Crippen LogP contribution < -0.4 is 9.47 Å². The Hall–Kier alpha value is -2.31. The van der Waals surface area contributed by atoms with E-state index in [0.717, 1.165) is 17.7 Å². The van der Waals surface area contributed by atoms with E-state index >= 15 is 0 Å². The van der Waals surface area contributed by atoms with Crippen molar-refractivity contribution in [1.82, 2.24) is 4.90 Å². The lowest BCUT2D eigenvalue weighted by Gasteiger charge is -2.33. The average Bonchev–Trinajstić information content (AvgIpc) is 3.03. The van der Waals surface area contributed by atoms with E-state index in [0.29, 0.717) is 31.2 Å². The predicted molar refractivity (Wildman–Crippen MR) is 84.6 cm³/mol. The number of benzene rings is 2. The molecule has 4 rings (SSSR count). The number of rotatable bonds is 3. The minimum Gasteiger partial charge on any atom is -0.507 e. The van der Waals surface area contributed by atoms with Crippen LogP contribution in [-0.4, -0.2) is 36.5 Å². The van der Waals surface area contributed by atoms with Gasteiger partial charge in [-0.25, -0.2) is 4.39 Å². The first-order valence-corrected chi connectivity index (χ1v) is 7.90. The van der Waals surface area contributed by atoms with Crippen LogP contribution in [0.5, 0.6) is 17.2 Å². The van der Waals surface area contributed by atoms with Crippen LogP contribution in [0.1, 0.15) is 17.2 Å². The van der Waals surface area contributed by atoms with E-state index in [9.17, 15) is 9.50 Å². The number of phenolic OH excluding ortho intramolecular Hbond substituents is 1. The third kappa shape index (κ3) is 3.02. The summed E-state index contributed by atoms with van der Waals surface area (Å²) in [6.07, 6.45) is -0.101. The molecule has 1 N–H and O–H groups in total. The maximum Gasteiger partial charge on any atom is 0.231 e. The molecule has 0 amide bonds. The van der Waals surface area contributed by atoms with Gasteiger partial charge in [0.1, 0.15) is 11.6 Å². The summed E-state index contributed by atoms with van der Waals surface area (Å²) in [6, 6.07) is 9.81. The lowest BCUT2D eigenvalue weighted by atomic mass is 10.1. The Morgan fingerprint density at radius 2 is 1.88 bits per heavy atom. The zero-order valence-corrected chi connectivity index (χ0v) is 13.1. The van der Waals surface area contributed by atoms with Crippen LogP contribution in [0.4, 0.5) is 4.39 Å². The van der Waals surface area contributed by atoms with Crippen molar-refractivity contribution in [3.8, 4) is 17.2 Å². The summed E-state index contributed by atoms with van der Waals surface area (Å²) in [7, 11) is 0. The Kier molecular flexibility index (Phi) is 4.00. The van der Waals surface area contributed by atoms with Gasteiger partial charge in [-0.2, -0.15) is 0 Å². The summed E-state index contributed by atoms with van der Waals surface area (Å²) < 4.78 is 29.5. The number of hydrogen-bond acceptors (Lipinski definition) is 5. The number of phenols is 1. The van der Waals surface area contributed by atoms with Crippen molar-refractivity contribution in [1.29, 1.82) is 0 Å². The van der Waals surface area contributed by atoms with Crippen LogP contribution in [0.3, 0.4) is 0 Å². The van der Waals surface area contributed by atoms with Gasteiger partial charge >= 0.3 is 0 Å². The Morgan fingerprint density at radius 1 is 1.12 bits per heavy atom. The summed E-state index contributed by atoms with van der Waals surface area (Å²) in [5.41, 5.74) is 1.75. The van der Waals surface area contributed by atoms with E-state index in [4.69, 9.17) is 14.2 Å². The van der Waals surface area contributed by atoms with Gasteiger partial charge in [0.05, 0.1) is 12.7 Å². The highest BCUT2D eigenvalue weighted by Gasteiger charge is 2.24. The molecular formula is C18H18FNO4. The largest absolute Gasteiger partial charge is 0.507 e. The molecule has 1 fully saturated rings. The van der Waals surface area contributed by atoms with Gasteiger partial charge in [0.2, 0.25) is 6.79 Å². The van der Waals surface area contributed by atoms with Crippen molar-refractivity contribution in [3.05, 3.63) is 53.3 Å². The van der Waals surface area contributed by atoms with Gasteiger partial charge in [0, 0.05) is 31.3 Å². The van der Waals surface area contributed by atoms with Crippen molar-refractivity contribution in [2.45, 2.75) is 12.6 Å². The van der Waals surface area contributed by atoms with E-state index in [1.54, 1.807) is 18.2 Å². The minimum atomic E-state index is -0.253. The van der Waals surface area contributed by atoms with E-state index in [1.807, 2.05) is 6.07 Å². The van der Waals surface area contributed by atoms with Gasteiger partial charge in [-0.05, 0) is 23.8 Å². The molecule has 2 aromatic carbocycles. The highest BCUT2D eigenvalue weighted by Crippen LogP contribution is 2.38. The molecule has 1 saturated heterocycles. The summed E-state index contributed by atoms with van der Waals surface area (Å²) >= 11 is 0. The van der Waals surface area contributed by atoms with Gasteiger partial charge in [-0.15, -0.1) is 0 Å². The molecule has 24 heavy (non-hydrogen) atoms. The second-order valence-corrected chi connectivity index (χ2v) is 5.98. The Balaban J connectivity index is 1.48. The predicted octanol–water partition coefficient (Wildman–Crippen LogP) is 2.83. The molecule has 5 nitrogen and oxygen atoms in total. The Labute approximate surface area is 139 Å². The van der Waals surface area contributed by atoms with Crippen LogP contribution in [0.2, 0.25) is 0 Å². The first-order chi connectivity index (χ1) is 11.7. The molecule has 2 aromatic rings. The number of nitrogens with zero attached hydrogens (tertiary/aromatic N) is 1. The Morgan fingerprint density at radius 3 is 2.67 bits per heavy atom. The lowest BCUT2D eigenvalue weighted by Crippen LogP contribution is -2.37. The number of aromatic hydroxyl groups is 1. The molecule has 1 atom stereocenters. The molecule has 0 spiro atoms. The number of morpholine rings is 1. The third-order valence-electron chi connectivity index (χ3n) is 4.36. The zero-order valence-electron chi connectivity index (χ0n) is 13.1. The molecule has 2 aliphatic rings. The van der Waals surface area contributed by atoms with Gasteiger partial charge in [0.15, 0.2) is 11.5 Å². The van der Waals surface area contributed by atoms with Crippen LogP contribution in [0.25, 0.3) is 0 Å². The maximum atomic E-state index is 13.1. The fourth-order valence-corrected chi connectivity index (χ4v) is 3.07. The highest BCUT2D eigenvalue weighted by molar-refractivity contribution is 5.51. The van der Waals surface area contributed by atoms with E-state index < -0.39 is 0 Å². The summed E-state index contributed by atoms with van der Waals surface area (Å²) in [5.74, 6) is 1.18. The van der Waals surface area contributed by atoms with E-state index in [1.165, 1.54) is 12.1 Å². The fourth-order valence-electron chi connectivity index (χ4n) is 3.07. The Bertz CT molecular complexity index is 735. The van der Waals surface area contributed by atoms with Crippen molar-refractivity contribution < 1.29 is 23.7 Å². The van der Waals surface area contributed by atoms with Crippen molar-refractivity contribution in [2.24, 2.45) is 0 Å². The molecule has 6 heteroatoms. The van der Waals surface area contributed by atoms with Crippen molar-refractivity contribution in [2.75, 3.05) is 26.5 Å². The number of hydrogen-bond donors (Lipinski definition) is 1. The lowest BCUT2D eigenvalue weighted by molar-refractivity contribution is -0.0331. The van der Waals surface area contributed by atoms with Gasteiger partial charge in [-0.1, -0.05) is 12.1 Å². The minimum absolute atomic E-state index is 0.101. The smallest absolute Gasteiger partial charge is 0.231 e. The van der Waals surface area contributed by atoms with Gasteiger partial charge in [0.25, 0.3) is 0 Å². The molecule has 0 aliphatic carbocycles. The number of fused-ring (bicyclic) bond motifs is 1. The number of ether oxygens (including phenoxy) is 3. The van der Waals surface area contributed by atoms with Crippen LogP contribution in [-0.2, 0) is 11.3 Å². The molecule has 0 bridgehead atoms. The molecule has 0 unspecified atom stereocenters. The third-order valence-corrected chi connectivity index (χ3v) is 4.36. The first-order valence-electron chi connectivity index (χ1n) is 7.90. The average molecular weight is 331 g/mol. The monoisotopic (exact) mass is 331 g/mol. The highest BCUT2D eigenvalue weighted by atomic mass is 19.1. The van der Waals surface area contributed by atoms with Crippen LogP contribution >= 0.6 is 0 Å². The first kappa shape index (κ1) is 15.2. The molecule has 2 aliphatic heterocycles. The zero-order chi connectivity index (χ0) is 16.5. The molecular weight excluding hydrogens is 313 g/mol. The second kappa shape index (κ2) is 6.30. The molecule has 2 heterocycles. The van der Waals surface area contributed by atoms with Gasteiger partial charge < -0.3 is 19.3 Å². The van der Waals surface area contributed by atoms with Crippen molar-refractivity contribution in [3.63, 3.8) is 0 Å². The molecule has 0 saturated carbocycles. The van der Waals surface area contributed by atoms with E-state index in [-0.39, 0.29) is 24.5 Å². The topological polar surface area (TPSA) is 51.2 Å². The SMILES string of the molecule is Oc1cc2c(cc1CN1CCO[C@H](c3ccc(F)cc3)C1)OCO2. The van der Waals surface area contributed by atoms with E-state index in [2.05, 4.69) is 4.90 Å². The normalized spacial score (nSPS) is 20.3. The molecule has 126 valence electrons. The van der Waals surface area contributed by atoms with Crippen LogP contribution in [0.15, 0.2) is 36.4 Å². The standard InChI is InChI=1S/C18H18FNO4/c19-14-3-1-12(2-4-14)18-10-20(5-6-22-18)9-13-7-16-17(8-15(13)21)24-11-23-16/h1-4,7-8,18,21H,5-6,9-11H2/t18-/m0/s1. The maximum absolute atomic E-state index is 13.1. The van der Waals surface area contributed by atoms with Gasteiger partial charge in [-0.3, -0.25) is 4.90 Å².